The summed E-state index contributed by atoms with van der Waals surface area (Å²) in [6.07, 6.45) is 0. The summed E-state index contributed by atoms with van der Waals surface area (Å²) < 4.78 is 0. The van der Waals surface area contributed by atoms with Gasteiger partial charge in [-0.05, 0) is 23.8 Å². The first-order valence-electron chi connectivity index (χ1n) is 4.28. The van der Waals surface area contributed by atoms with Gasteiger partial charge < -0.3 is 0 Å². The molecule has 0 bridgehead atoms. The van der Waals surface area contributed by atoms with Gasteiger partial charge in [0.2, 0.25) is 0 Å². The molecular formula is C12H10Cl2Se. The SMILES string of the molecule is Clc1ccc(Cl)c(-c2ccccc2)c1.[SeH2]. The van der Waals surface area contributed by atoms with Gasteiger partial charge >= 0.3 is 17.1 Å². The van der Waals surface area contributed by atoms with Crippen molar-refractivity contribution in [2.75, 3.05) is 0 Å². The minimum absolute atomic E-state index is 0. The monoisotopic (exact) mass is 304 g/mol. The van der Waals surface area contributed by atoms with Gasteiger partial charge in [0.1, 0.15) is 0 Å². The van der Waals surface area contributed by atoms with Crippen LogP contribution in [0.1, 0.15) is 0 Å². The van der Waals surface area contributed by atoms with Crippen LogP contribution < -0.4 is 0 Å². The molecule has 15 heavy (non-hydrogen) atoms. The molecule has 2 aromatic rings. The van der Waals surface area contributed by atoms with E-state index in [0.29, 0.717) is 5.02 Å². The van der Waals surface area contributed by atoms with E-state index < -0.39 is 0 Å². The van der Waals surface area contributed by atoms with Crippen LogP contribution in [0.5, 0.6) is 0 Å². The van der Waals surface area contributed by atoms with E-state index in [4.69, 9.17) is 23.2 Å². The van der Waals surface area contributed by atoms with Gasteiger partial charge in [0, 0.05) is 15.6 Å². The number of hydrogen-bond acceptors (Lipinski definition) is 0. The summed E-state index contributed by atoms with van der Waals surface area (Å²) in [6.45, 7) is 0. The minimum atomic E-state index is 0. The Hall–Kier alpha value is -0.461. The van der Waals surface area contributed by atoms with Crippen LogP contribution in [0.25, 0.3) is 11.1 Å². The average Bonchev–Trinajstić information content (AvgIpc) is 2.23. The van der Waals surface area contributed by atoms with Crippen LogP contribution in [0.15, 0.2) is 48.5 Å². The second-order valence-corrected chi connectivity index (χ2v) is 3.83. The Labute approximate surface area is 110 Å². The Morgan fingerprint density at radius 1 is 0.800 bits per heavy atom. The Bertz CT molecular complexity index is 441. The molecule has 0 N–H and O–H groups in total. The summed E-state index contributed by atoms with van der Waals surface area (Å²) in [6, 6.07) is 15.4. The number of rotatable bonds is 1. The van der Waals surface area contributed by atoms with E-state index >= 15 is 0 Å². The molecule has 0 fully saturated rings. The second-order valence-electron chi connectivity index (χ2n) is 2.99. The molecule has 0 aliphatic rings. The predicted octanol–water partition coefficient (Wildman–Crippen LogP) is 3.74. The molecule has 0 spiro atoms. The maximum atomic E-state index is 6.07. The Balaban J connectivity index is 0.00000112. The van der Waals surface area contributed by atoms with E-state index in [2.05, 4.69) is 0 Å². The summed E-state index contributed by atoms with van der Waals surface area (Å²) >= 11 is 12.0. The van der Waals surface area contributed by atoms with Gasteiger partial charge in [-0.1, -0.05) is 53.5 Å². The van der Waals surface area contributed by atoms with Gasteiger partial charge in [-0.3, -0.25) is 0 Å². The van der Waals surface area contributed by atoms with Crippen molar-refractivity contribution in [2.24, 2.45) is 0 Å². The number of benzene rings is 2. The van der Waals surface area contributed by atoms with Crippen LogP contribution in [0, 0.1) is 0 Å². The Morgan fingerprint density at radius 3 is 2.13 bits per heavy atom. The molecule has 0 atom stereocenters. The molecule has 2 rings (SSSR count). The summed E-state index contributed by atoms with van der Waals surface area (Å²) in [7, 11) is 0. The van der Waals surface area contributed by atoms with E-state index in [1.54, 1.807) is 6.07 Å². The fourth-order valence-corrected chi connectivity index (χ4v) is 1.74. The first kappa shape index (κ1) is 12.6. The first-order chi connectivity index (χ1) is 6.77. The summed E-state index contributed by atoms with van der Waals surface area (Å²) in [5.74, 6) is 0. The zero-order chi connectivity index (χ0) is 9.97. The molecule has 0 unspecified atom stereocenters. The molecule has 0 aliphatic carbocycles. The van der Waals surface area contributed by atoms with Crippen molar-refractivity contribution >= 4 is 40.3 Å². The third kappa shape index (κ3) is 2.99. The third-order valence-corrected chi connectivity index (χ3v) is 2.58. The number of hydrogen-bond donors (Lipinski definition) is 0. The van der Waals surface area contributed by atoms with E-state index in [9.17, 15) is 0 Å². The normalized spacial score (nSPS) is 9.47. The molecule has 0 saturated carbocycles. The molecule has 0 heterocycles. The van der Waals surface area contributed by atoms with E-state index in [1.165, 1.54) is 0 Å². The van der Waals surface area contributed by atoms with Gasteiger partial charge in [-0.2, -0.15) is 0 Å². The van der Waals surface area contributed by atoms with Crippen LogP contribution in [0.3, 0.4) is 0 Å². The van der Waals surface area contributed by atoms with Crippen molar-refractivity contribution in [3.8, 4) is 11.1 Å². The molecule has 0 aliphatic heterocycles. The zero-order valence-corrected chi connectivity index (χ0v) is 11.5. The summed E-state index contributed by atoms with van der Waals surface area (Å²) in [4.78, 5) is 0. The molecule has 0 radical (unpaired) electrons. The molecule has 3 heteroatoms. The van der Waals surface area contributed by atoms with Crippen LogP contribution in [0.2, 0.25) is 10.0 Å². The molecule has 0 aromatic heterocycles. The first-order valence-corrected chi connectivity index (χ1v) is 5.03. The van der Waals surface area contributed by atoms with Crippen LogP contribution in [-0.2, 0) is 0 Å². The zero-order valence-electron chi connectivity index (χ0n) is 7.87. The second kappa shape index (κ2) is 5.58. The van der Waals surface area contributed by atoms with Gasteiger partial charge in [-0.25, -0.2) is 0 Å². The van der Waals surface area contributed by atoms with Crippen LogP contribution in [0.4, 0.5) is 0 Å². The molecule has 0 saturated heterocycles. The fourth-order valence-electron chi connectivity index (χ4n) is 1.34. The van der Waals surface area contributed by atoms with Gasteiger partial charge in [0.25, 0.3) is 0 Å². The van der Waals surface area contributed by atoms with Crippen molar-refractivity contribution < 1.29 is 0 Å². The molecule has 78 valence electrons. The van der Waals surface area contributed by atoms with Crippen molar-refractivity contribution in [3.63, 3.8) is 0 Å². The topological polar surface area (TPSA) is 0 Å². The standard InChI is InChI=1S/C12H8Cl2.H2Se/c13-10-6-7-12(14)11(8-10)9-4-2-1-3-5-9;/h1-8H;1H2. The van der Waals surface area contributed by atoms with Gasteiger partial charge in [-0.15, -0.1) is 0 Å². The molecular weight excluding hydrogens is 294 g/mol. The van der Waals surface area contributed by atoms with Crippen LogP contribution in [-0.4, -0.2) is 17.1 Å². The molecule has 0 amide bonds. The van der Waals surface area contributed by atoms with Gasteiger partial charge in [0.15, 0.2) is 0 Å². The number of halogens is 2. The quantitative estimate of drug-likeness (QED) is 0.704. The fraction of sp³-hybridized carbons (Fsp3) is 0. The van der Waals surface area contributed by atoms with Crippen molar-refractivity contribution in [1.29, 1.82) is 0 Å². The van der Waals surface area contributed by atoms with Crippen molar-refractivity contribution in [1.82, 2.24) is 0 Å². The molecule has 2 aromatic carbocycles. The van der Waals surface area contributed by atoms with Crippen molar-refractivity contribution in [3.05, 3.63) is 58.6 Å². The van der Waals surface area contributed by atoms with E-state index in [0.717, 1.165) is 16.1 Å². The average molecular weight is 304 g/mol. The molecule has 0 nitrogen and oxygen atoms in total. The van der Waals surface area contributed by atoms with Crippen LogP contribution >= 0.6 is 23.2 Å². The maximum absolute atomic E-state index is 6.07. The summed E-state index contributed by atoms with van der Waals surface area (Å²) in [5.41, 5.74) is 2.06. The van der Waals surface area contributed by atoms with E-state index in [-0.39, 0.29) is 17.1 Å². The Morgan fingerprint density at radius 2 is 1.47 bits per heavy atom. The third-order valence-electron chi connectivity index (χ3n) is 2.01. The predicted molar refractivity (Wildman–Crippen MR) is 70.4 cm³/mol. The van der Waals surface area contributed by atoms with Gasteiger partial charge in [0.05, 0.1) is 0 Å². The Kier molecular flexibility index (Phi) is 4.69. The van der Waals surface area contributed by atoms with E-state index in [1.807, 2.05) is 42.5 Å². The summed E-state index contributed by atoms with van der Waals surface area (Å²) in [5, 5.41) is 1.42. The van der Waals surface area contributed by atoms with Crippen molar-refractivity contribution in [2.45, 2.75) is 0 Å².